The van der Waals surface area contributed by atoms with Crippen molar-refractivity contribution in [1.82, 2.24) is 0 Å². The van der Waals surface area contributed by atoms with Crippen molar-refractivity contribution in [1.29, 1.82) is 0 Å². The smallest absolute Gasteiger partial charge is 0.238 e. The highest BCUT2D eigenvalue weighted by atomic mass is 16.2. The Balaban J connectivity index is 1.97. The van der Waals surface area contributed by atoms with Crippen LogP contribution in [0.15, 0.2) is 48.6 Å². The first-order valence-electron chi connectivity index (χ1n) is 10.1. The van der Waals surface area contributed by atoms with E-state index in [0.717, 1.165) is 42.6 Å². The van der Waals surface area contributed by atoms with E-state index < -0.39 is 5.41 Å². The zero-order valence-corrected chi connectivity index (χ0v) is 16.7. The maximum atomic E-state index is 13.2. The normalized spacial score (nSPS) is 20.0. The van der Waals surface area contributed by atoms with Crippen LogP contribution < -0.4 is 10.3 Å². The van der Waals surface area contributed by atoms with E-state index in [4.69, 9.17) is 0 Å². The molecule has 0 radical (unpaired) electrons. The summed E-state index contributed by atoms with van der Waals surface area (Å²) in [7, 11) is 0. The van der Waals surface area contributed by atoms with E-state index in [1.165, 1.54) is 0 Å². The summed E-state index contributed by atoms with van der Waals surface area (Å²) in [5.74, 6) is 0.221. The summed E-state index contributed by atoms with van der Waals surface area (Å²) in [5, 5.41) is 4.40. The zero-order chi connectivity index (χ0) is 20.1. The highest BCUT2D eigenvalue weighted by molar-refractivity contribution is 6.40. The maximum absolute atomic E-state index is 13.2. The number of carbonyl (C=O) groups excluding carboxylic acids is 2. The quantitative estimate of drug-likeness (QED) is 0.423. The van der Waals surface area contributed by atoms with Crippen LogP contribution in [0.1, 0.15) is 57.4 Å². The second-order valence-corrected chi connectivity index (χ2v) is 7.50. The number of hydrogen-bond donors (Lipinski definition) is 1. The number of nitrogens with zero attached hydrogens (tertiary/aromatic N) is 2. The first-order valence-corrected chi connectivity index (χ1v) is 10.1. The number of hydrazone groups is 1. The van der Waals surface area contributed by atoms with Crippen molar-refractivity contribution in [3.05, 3.63) is 49.1 Å². The third-order valence-electron chi connectivity index (χ3n) is 5.72. The van der Waals surface area contributed by atoms with Gasteiger partial charge in [-0.25, -0.2) is 0 Å². The molecule has 1 aliphatic heterocycles. The van der Waals surface area contributed by atoms with E-state index in [0.29, 0.717) is 31.5 Å². The van der Waals surface area contributed by atoms with Crippen LogP contribution in [0.25, 0.3) is 0 Å². The lowest BCUT2D eigenvalue weighted by molar-refractivity contribution is -0.123. The van der Waals surface area contributed by atoms with Crippen LogP contribution in [0.2, 0.25) is 0 Å². The van der Waals surface area contributed by atoms with Gasteiger partial charge in [0.25, 0.3) is 0 Å². The molecule has 1 saturated carbocycles. The molecule has 5 heteroatoms. The number of carbonyl (C=O) groups is 2. The van der Waals surface area contributed by atoms with Crippen LogP contribution in [-0.2, 0) is 15.0 Å². The molecule has 1 fully saturated rings. The van der Waals surface area contributed by atoms with Gasteiger partial charge in [0.1, 0.15) is 5.71 Å². The number of benzene rings is 1. The number of rotatable bonds is 7. The number of ketones is 1. The third kappa shape index (κ3) is 3.53. The highest BCUT2D eigenvalue weighted by Gasteiger charge is 2.48. The number of fused-ring (bicyclic) bond motifs is 1. The van der Waals surface area contributed by atoms with Crippen LogP contribution in [-0.4, -0.2) is 23.9 Å². The Morgan fingerprint density at radius 2 is 1.86 bits per heavy atom. The topological polar surface area (TPSA) is 61.8 Å². The lowest BCUT2D eigenvalue weighted by Gasteiger charge is -2.26. The fourth-order valence-electron chi connectivity index (χ4n) is 4.28. The van der Waals surface area contributed by atoms with E-state index in [9.17, 15) is 9.59 Å². The molecule has 1 heterocycles. The van der Waals surface area contributed by atoms with Gasteiger partial charge in [-0.15, -0.1) is 13.2 Å². The second kappa shape index (κ2) is 8.55. The van der Waals surface area contributed by atoms with E-state index in [-0.39, 0.29) is 11.7 Å². The van der Waals surface area contributed by atoms with E-state index in [2.05, 4.69) is 23.7 Å². The molecule has 0 bridgehead atoms. The molecule has 0 aromatic heterocycles. The fourth-order valence-corrected chi connectivity index (χ4v) is 4.28. The van der Waals surface area contributed by atoms with Crippen LogP contribution in [0.5, 0.6) is 0 Å². The Kier molecular flexibility index (Phi) is 6.12. The lowest BCUT2D eigenvalue weighted by Crippen LogP contribution is -2.39. The standard InChI is InChI=1S/C23H29N3O2/c1-4-14-23(15-5-2)18-16-17(12-13-20(18)26(6-3)22(23)28)24-25-19-10-8-7-9-11-21(19)27/h4-5,12-13,16,24H,1-2,6-11,14-15H2,3H3/b25-19-. The van der Waals surface area contributed by atoms with Gasteiger partial charge in [0.2, 0.25) is 5.91 Å². The van der Waals surface area contributed by atoms with Crippen LogP contribution in [0, 0.1) is 0 Å². The molecule has 28 heavy (non-hydrogen) atoms. The number of likely N-dealkylation sites (N-methyl/N-ethyl adjacent to an activating group) is 1. The molecule has 1 amide bonds. The molecular weight excluding hydrogens is 350 g/mol. The molecule has 3 rings (SSSR count). The summed E-state index contributed by atoms with van der Waals surface area (Å²) in [5.41, 5.74) is 5.69. The van der Waals surface area contributed by atoms with Gasteiger partial charge in [-0.1, -0.05) is 18.6 Å². The van der Waals surface area contributed by atoms with E-state index >= 15 is 0 Å². The van der Waals surface area contributed by atoms with Gasteiger partial charge in [-0.3, -0.25) is 15.0 Å². The van der Waals surface area contributed by atoms with Gasteiger partial charge in [-0.2, -0.15) is 5.10 Å². The molecule has 1 aromatic rings. The number of Topliss-reactive ketones (excluding diaryl/α,β-unsaturated/α-hetero) is 1. The zero-order valence-electron chi connectivity index (χ0n) is 16.7. The summed E-state index contributed by atoms with van der Waals surface area (Å²) < 4.78 is 0. The maximum Gasteiger partial charge on any atom is 0.238 e. The fraction of sp³-hybridized carbons (Fsp3) is 0.435. The molecule has 2 aliphatic rings. The van der Waals surface area contributed by atoms with Crippen LogP contribution >= 0.6 is 0 Å². The van der Waals surface area contributed by atoms with Gasteiger partial charge in [0.05, 0.1) is 11.1 Å². The van der Waals surface area contributed by atoms with Gasteiger partial charge >= 0.3 is 0 Å². The Bertz CT molecular complexity index is 815. The van der Waals surface area contributed by atoms with Crippen molar-refractivity contribution in [2.75, 3.05) is 16.9 Å². The SMILES string of the molecule is C=CCC1(CC=C)C(=O)N(CC)c2ccc(N/N=C3/CCCCCC3=O)cc21. The minimum atomic E-state index is -0.669. The second-order valence-electron chi connectivity index (χ2n) is 7.50. The van der Waals surface area contributed by atoms with Crippen molar-refractivity contribution in [3.8, 4) is 0 Å². The summed E-state index contributed by atoms with van der Waals surface area (Å²) in [6, 6.07) is 5.86. The molecule has 1 aromatic carbocycles. The summed E-state index contributed by atoms with van der Waals surface area (Å²) in [6.45, 7) is 10.3. The predicted molar refractivity (Wildman–Crippen MR) is 115 cm³/mol. The number of anilines is 2. The van der Waals surface area contributed by atoms with Crippen molar-refractivity contribution in [3.63, 3.8) is 0 Å². The molecule has 0 spiro atoms. The summed E-state index contributed by atoms with van der Waals surface area (Å²) >= 11 is 0. The molecular formula is C23H29N3O2. The predicted octanol–water partition coefficient (Wildman–Crippen LogP) is 4.74. The van der Waals surface area contributed by atoms with Crippen molar-refractivity contribution < 1.29 is 9.59 Å². The number of allylic oxidation sites excluding steroid dienone is 2. The van der Waals surface area contributed by atoms with Crippen molar-refractivity contribution in [2.24, 2.45) is 5.10 Å². The third-order valence-corrected chi connectivity index (χ3v) is 5.72. The molecule has 148 valence electrons. The van der Waals surface area contributed by atoms with Gasteiger partial charge in [0.15, 0.2) is 5.78 Å². The largest absolute Gasteiger partial charge is 0.312 e. The van der Waals surface area contributed by atoms with Crippen molar-refractivity contribution >= 4 is 28.8 Å². The minimum Gasteiger partial charge on any atom is -0.312 e. The first kappa shape index (κ1) is 20.1. The van der Waals surface area contributed by atoms with E-state index in [1.54, 1.807) is 12.2 Å². The molecule has 1 aliphatic carbocycles. The Hall–Kier alpha value is -2.69. The first-order chi connectivity index (χ1) is 13.6. The molecule has 1 N–H and O–H groups in total. The number of hydrogen-bond acceptors (Lipinski definition) is 4. The highest BCUT2D eigenvalue weighted by Crippen LogP contribution is 2.47. The van der Waals surface area contributed by atoms with Crippen molar-refractivity contribution in [2.45, 2.75) is 57.3 Å². The molecule has 0 atom stereocenters. The average Bonchev–Trinajstić information content (AvgIpc) is 2.80. The Labute approximate surface area is 167 Å². The van der Waals surface area contributed by atoms with Crippen LogP contribution in [0.3, 0.4) is 0 Å². The molecule has 0 saturated heterocycles. The lowest BCUT2D eigenvalue weighted by atomic mass is 9.75. The summed E-state index contributed by atoms with van der Waals surface area (Å²) in [4.78, 5) is 27.2. The van der Waals surface area contributed by atoms with Gasteiger partial charge < -0.3 is 4.90 Å². The monoisotopic (exact) mass is 379 g/mol. The summed E-state index contributed by atoms with van der Waals surface area (Å²) in [6.07, 6.45) is 9.02. The number of nitrogens with one attached hydrogen (secondary N) is 1. The molecule has 0 unspecified atom stereocenters. The van der Waals surface area contributed by atoms with E-state index in [1.807, 2.05) is 30.0 Å². The van der Waals surface area contributed by atoms with Gasteiger partial charge in [-0.05, 0) is 62.8 Å². The average molecular weight is 380 g/mol. The Morgan fingerprint density at radius 3 is 2.54 bits per heavy atom. The molecule has 5 nitrogen and oxygen atoms in total. The minimum absolute atomic E-state index is 0.0900. The Morgan fingerprint density at radius 1 is 1.14 bits per heavy atom. The van der Waals surface area contributed by atoms with Crippen LogP contribution in [0.4, 0.5) is 11.4 Å². The number of amides is 1. The van der Waals surface area contributed by atoms with Gasteiger partial charge in [0, 0.05) is 18.7 Å².